The SMILES string of the molecule is O[C@H]1CCN(C[C@H]2CCOC2)[C@H]1Cc1ccccc1. The van der Waals surface area contributed by atoms with Gasteiger partial charge < -0.3 is 9.84 Å². The Morgan fingerprint density at radius 1 is 1.21 bits per heavy atom. The highest BCUT2D eigenvalue weighted by molar-refractivity contribution is 5.17. The third-order valence-electron chi connectivity index (χ3n) is 4.43. The minimum Gasteiger partial charge on any atom is -0.391 e. The molecule has 2 fully saturated rings. The van der Waals surface area contributed by atoms with Crippen molar-refractivity contribution >= 4 is 0 Å². The second-order valence-corrected chi connectivity index (χ2v) is 5.84. The average molecular weight is 261 g/mol. The van der Waals surface area contributed by atoms with Crippen LogP contribution in [0.25, 0.3) is 0 Å². The highest BCUT2D eigenvalue weighted by atomic mass is 16.5. The Morgan fingerprint density at radius 3 is 2.79 bits per heavy atom. The van der Waals surface area contributed by atoms with Crippen LogP contribution in [-0.4, -0.2) is 48.5 Å². The summed E-state index contributed by atoms with van der Waals surface area (Å²) in [7, 11) is 0. The van der Waals surface area contributed by atoms with E-state index in [1.807, 2.05) is 6.07 Å². The number of hydrogen-bond donors (Lipinski definition) is 1. The van der Waals surface area contributed by atoms with Crippen LogP contribution in [0.1, 0.15) is 18.4 Å². The van der Waals surface area contributed by atoms with Gasteiger partial charge in [-0.25, -0.2) is 0 Å². The molecule has 0 aliphatic carbocycles. The molecule has 2 aliphatic heterocycles. The number of nitrogens with zero attached hydrogens (tertiary/aromatic N) is 1. The van der Waals surface area contributed by atoms with Crippen molar-refractivity contribution in [3.63, 3.8) is 0 Å². The van der Waals surface area contributed by atoms with Gasteiger partial charge in [-0.2, -0.15) is 0 Å². The molecule has 0 saturated carbocycles. The summed E-state index contributed by atoms with van der Waals surface area (Å²) in [6.45, 7) is 3.90. The standard InChI is InChI=1S/C16H23NO2/c18-16-6-8-17(11-14-7-9-19-12-14)15(16)10-13-4-2-1-3-5-13/h1-5,14-16,18H,6-12H2/t14-,15+,16+/m1/s1. The normalized spacial score (nSPS) is 31.9. The first-order valence-electron chi connectivity index (χ1n) is 7.37. The van der Waals surface area contributed by atoms with E-state index in [0.717, 1.165) is 39.1 Å². The lowest BCUT2D eigenvalue weighted by atomic mass is 10.0. The summed E-state index contributed by atoms with van der Waals surface area (Å²) in [4.78, 5) is 2.47. The Hall–Kier alpha value is -0.900. The molecule has 2 aliphatic rings. The predicted molar refractivity (Wildman–Crippen MR) is 75.1 cm³/mol. The summed E-state index contributed by atoms with van der Waals surface area (Å²) in [6.07, 6.45) is 2.85. The molecule has 0 bridgehead atoms. The Morgan fingerprint density at radius 2 is 2.05 bits per heavy atom. The number of rotatable bonds is 4. The van der Waals surface area contributed by atoms with Crippen LogP contribution in [0, 0.1) is 5.92 Å². The molecule has 2 heterocycles. The molecule has 3 atom stereocenters. The summed E-state index contributed by atoms with van der Waals surface area (Å²) in [5, 5.41) is 10.2. The van der Waals surface area contributed by atoms with E-state index in [4.69, 9.17) is 4.74 Å². The molecule has 1 N–H and O–H groups in total. The molecular formula is C16H23NO2. The van der Waals surface area contributed by atoms with Gasteiger partial charge in [-0.1, -0.05) is 30.3 Å². The number of ether oxygens (including phenoxy) is 1. The van der Waals surface area contributed by atoms with Crippen molar-refractivity contribution in [3.8, 4) is 0 Å². The molecule has 2 saturated heterocycles. The van der Waals surface area contributed by atoms with E-state index in [0.29, 0.717) is 5.92 Å². The van der Waals surface area contributed by atoms with E-state index in [1.165, 1.54) is 12.0 Å². The van der Waals surface area contributed by atoms with Gasteiger partial charge in [0.1, 0.15) is 0 Å². The Labute approximate surface area is 115 Å². The third-order valence-corrected chi connectivity index (χ3v) is 4.43. The van der Waals surface area contributed by atoms with Crippen LogP contribution in [0.5, 0.6) is 0 Å². The van der Waals surface area contributed by atoms with Gasteiger partial charge in [0.05, 0.1) is 12.7 Å². The van der Waals surface area contributed by atoms with Crippen molar-refractivity contribution < 1.29 is 9.84 Å². The highest BCUT2D eigenvalue weighted by Crippen LogP contribution is 2.25. The molecule has 19 heavy (non-hydrogen) atoms. The molecule has 0 amide bonds. The number of likely N-dealkylation sites (tertiary alicyclic amines) is 1. The number of aliphatic hydroxyl groups is 1. The molecule has 104 valence electrons. The lowest BCUT2D eigenvalue weighted by molar-refractivity contribution is 0.103. The first-order chi connectivity index (χ1) is 9.33. The summed E-state index contributed by atoms with van der Waals surface area (Å²) in [5.74, 6) is 0.656. The molecule has 3 heteroatoms. The van der Waals surface area contributed by atoms with Gasteiger partial charge >= 0.3 is 0 Å². The van der Waals surface area contributed by atoms with E-state index < -0.39 is 0 Å². The van der Waals surface area contributed by atoms with E-state index in [2.05, 4.69) is 29.2 Å². The second kappa shape index (κ2) is 6.04. The van der Waals surface area contributed by atoms with Crippen LogP contribution in [0.2, 0.25) is 0 Å². The van der Waals surface area contributed by atoms with Gasteiger partial charge in [-0.15, -0.1) is 0 Å². The zero-order valence-electron chi connectivity index (χ0n) is 11.4. The zero-order valence-corrected chi connectivity index (χ0v) is 11.4. The minimum absolute atomic E-state index is 0.178. The average Bonchev–Trinajstić information content (AvgIpc) is 3.05. The number of benzene rings is 1. The van der Waals surface area contributed by atoms with Gasteiger partial charge in [0.25, 0.3) is 0 Å². The quantitative estimate of drug-likeness (QED) is 0.895. The topological polar surface area (TPSA) is 32.7 Å². The molecule has 0 unspecified atom stereocenters. The summed E-state index contributed by atoms with van der Waals surface area (Å²) in [5.41, 5.74) is 1.32. The van der Waals surface area contributed by atoms with E-state index in [-0.39, 0.29) is 12.1 Å². The van der Waals surface area contributed by atoms with E-state index in [1.54, 1.807) is 0 Å². The van der Waals surface area contributed by atoms with Gasteiger partial charge in [-0.05, 0) is 30.7 Å². The molecule has 0 radical (unpaired) electrons. The van der Waals surface area contributed by atoms with Crippen molar-refractivity contribution in [1.82, 2.24) is 4.90 Å². The maximum absolute atomic E-state index is 10.2. The van der Waals surface area contributed by atoms with Crippen molar-refractivity contribution in [3.05, 3.63) is 35.9 Å². The molecule has 1 aromatic carbocycles. The second-order valence-electron chi connectivity index (χ2n) is 5.84. The minimum atomic E-state index is -0.178. The molecule has 3 rings (SSSR count). The first kappa shape index (κ1) is 13.1. The maximum Gasteiger partial charge on any atom is 0.0710 e. The monoisotopic (exact) mass is 261 g/mol. The molecule has 1 aromatic rings. The Kier molecular flexibility index (Phi) is 4.16. The third kappa shape index (κ3) is 3.16. The largest absolute Gasteiger partial charge is 0.391 e. The fourth-order valence-corrected chi connectivity index (χ4v) is 3.31. The van der Waals surface area contributed by atoms with Crippen LogP contribution in [0.15, 0.2) is 30.3 Å². The van der Waals surface area contributed by atoms with Crippen molar-refractivity contribution in [2.45, 2.75) is 31.4 Å². The fourth-order valence-electron chi connectivity index (χ4n) is 3.31. The Balaban J connectivity index is 1.63. The van der Waals surface area contributed by atoms with Gasteiger partial charge in [-0.3, -0.25) is 4.90 Å². The molecule has 3 nitrogen and oxygen atoms in total. The summed E-state index contributed by atoms with van der Waals surface area (Å²) < 4.78 is 5.46. The van der Waals surface area contributed by atoms with Gasteiger partial charge in [0.15, 0.2) is 0 Å². The molecule has 0 spiro atoms. The Bertz CT molecular complexity index is 389. The van der Waals surface area contributed by atoms with Crippen LogP contribution in [-0.2, 0) is 11.2 Å². The van der Waals surface area contributed by atoms with Crippen molar-refractivity contribution in [2.24, 2.45) is 5.92 Å². The van der Waals surface area contributed by atoms with Gasteiger partial charge in [0, 0.05) is 25.7 Å². The smallest absolute Gasteiger partial charge is 0.0710 e. The lowest BCUT2D eigenvalue weighted by Crippen LogP contribution is -2.40. The van der Waals surface area contributed by atoms with Crippen LogP contribution < -0.4 is 0 Å². The van der Waals surface area contributed by atoms with Gasteiger partial charge in [0.2, 0.25) is 0 Å². The lowest BCUT2D eigenvalue weighted by Gasteiger charge is -2.28. The van der Waals surface area contributed by atoms with E-state index >= 15 is 0 Å². The van der Waals surface area contributed by atoms with E-state index in [9.17, 15) is 5.11 Å². The van der Waals surface area contributed by atoms with Crippen LogP contribution in [0.4, 0.5) is 0 Å². The predicted octanol–water partition coefficient (Wildman–Crippen LogP) is 1.70. The summed E-state index contributed by atoms with van der Waals surface area (Å²) in [6, 6.07) is 10.8. The van der Waals surface area contributed by atoms with Crippen molar-refractivity contribution in [1.29, 1.82) is 0 Å². The fraction of sp³-hybridized carbons (Fsp3) is 0.625. The molecule has 0 aromatic heterocycles. The van der Waals surface area contributed by atoms with Crippen LogP contribution in [0.3, 0.4) is 0 Å². The molecular weight excluding hydrogens is 238 g/mol. The maximum atomic E-state index is 10.2. The van der Waals surface area contributed by atoms with Crippen molar-refractivity contribution in [2.75, 3.05) is 26.3 Å². The number of hydrogen-bond acceptors (Lipinski definition) is 3. The highest BCUT2D eigenvalue weighted by Gasteiger charge is 2.34. The van der Waals surface area contributed by atoms with Crippen LogP contribution >= 0.6 is 0 Å². The summed E-state index contributed by atoms with van der Waals surface area (Å²) >= 11 is 0. The first-order valence-corrected chi connectivity index (χ1v) is 7.37. The zero-order chi connectivity index (χ0) is 13.1. The number of aliphatic hydroxyl groups excluding tert-OH is 1.